The number of nitrogen functional groups attached to an aromatic ring is 1. The summed E-state index contributed by atoms with van der Waals surface area (Å²) in [7, 11) is 1.54. The molecule has 0 radical (unpaired) electrons. The Morgan fingerprint density at radius 1 is 1.16 bits per heavy atom. The molecule has 4 nitrogen and oxygen atoms in total. The van der Waals surface area contributed by atoms with Crippen LogP contribution >= 0.6 is 15.9 Å². The molecule has 2 rings (SSSR count). The van der Waals surface area contributed by atoms with Crippen LogP contribution < -0.4 is 15.2 Å². The number of nitriles is 1. The number of benzene rings is 2. The van der Waals surface area contributed by atoms with E-state index < -0.39 is 0 Å². The Balaban J connectivity index is 2.38. The van der Waals surface area contributed by atoms with Gasteiger partial charge in [-0.15, -0.1) is 0 Å². The fourth-order valence-electron chi connectivity index (χ4n) is 1.54. The smallest absolute Gasteiger partial charge is 0.151 e. The van der Waals surface area contributed by atoms with Crippen molar-refractivity contribution in [3.63, 3.8) is 0 Å². The van der Waals surface area contributed by atoms with Gasteiger partial charge in [0.05, 0.1) is 24.4 Å². The topological polar surface area (TPSA) is 68.3 Å². The molecule has 0 spiro atoms. The normalized spacial score (nSPS) is 9.74. The molecule has 0 unspecified atom stereocenters. The van der Waals surface area contributed by atoms with Crippen molar-refractivity contribution in [2.45, 2.75) is 0 Å². The van der Waals surface area contributed by atoms with Crippen LogP contribution in [0.2, 0.25) is 0 Å². The first-order valence-corrected chi connectivity index (χ1v) is 6.23. The minimum absolute atomic E-state index is 0.461. The first kappa shape index (κ1) is 13.2. The van der Waals surface area contributed by atoms with Crippen molar-refractivity contribution in [1.29, 1.82) is 5.26 Å². The van der Waals surface area contributed by atoms with Gasteiger partial charge in [0, 0.05) is 10.5 Å². The molecule has 0 aliphatic rings. The van der Waals surface area contributed by atoms with Crippen molar-refractivity contribution in [2.75, 3.05) is 12.8 Å². The number of nitrogens with zero attached hydrogens (tertiary/aromatic N) is 1. The summed E-state index contributed by atoms with van der Waals surface area (Å²) in [4.78, 5) is 0. The SMILES string of the molecule is COc1cc(C#N)cc(Oc2cc(Br)ccc2N)c1. The van der Waals surface area contributed by atoms with E-state index in [1.165, 1.54) is 7.11 Å². The van der Waals surface area contributed by atoms with Crippen LogP contribution in [-0.4, -0.2) is 7.11 Å². The van der Waals surface area contributed by atoms with Crippen LogP contribution in [0.1, 0.15) is 5.56 Å². The third kappa shape index (κ3) is 3.18. The molecule has 96 valence electrons. The van der Waals surface area contributed by atoms with E-state index in [-0.39, 0.29) is 0 Å². The lowest BCUT2D eigenvalue weighted by atomic mass is 10.2. The molecule has 0 saturated carbocycles. The molecule has 0 aromatic heterocycles. The molecule has 0 heterocycles. The van der Waals surface area contributed by atoms with E-state index in [4.69, 9.17) is 20.5 Å². The predicted octanol–water partition coefficient (Wildman–Crippen LogP) is 3.70. The highest BCUT2D eigenvalue weighted by molar-refractivity contribution is 9.10. The highest BCUT2D eigenvalue weighted by Crippen LogP contribution is 2.32. The molecule has 0 saturated heterocycles. The monoisotopic (exact) mass is 318 g/mol. The van der Waals surface area contributed by atoms with Crippen molar-refractivity contribution in [3.8, 4) is 23.3 Å². The Labute approximate surface area is 119 Å². The number of halogens is 1. The molecule has 2 aromatic rings. The van der Waals surface area contributed by atoms with Crippen LogP contribution in [-0.2, 0) is 0 Å². The number of anilines is 1. The number of hydrogen-bond acceptors (Lipinski definition) is 4. The molecule has 0 aliphatic carbocycles. The number of methoxy groups -OCH3 is 1. The van der Waals surface area contributed by atoms with E-state index in [0.717, 1.165) is 4.47 Å². The van der Waals surface area contributed by atoms with E-state index in [9.17, 15) is 0 Å². The molecular weight excluding hydrogens is 308 g/mol. The van der Waals surface area contributed by atoms with Gasteiger partial charge in [-0.05, 0) is 30.3 Å². The van der Waals surface area contributed by atoms with Gasteiger partial charge in [0.2, 0.25) is 0 Å². The number of nitrogens with two attached hydrogens (primary N) is 1. The zero-order chi connectivity index (χ0) is 13.8. The van der Waals surface area contributed by atoms with Gasteiger partial charge in [-0.25, -0.2) is 0 Å². The second-order valence-electron chi connectivity index (χ2n) is 3.79. The lowest BCUT2D eigenvalue weighted by Gasteiger charge is -2.10. The Kier molecular flexibility index (Phi) is 3.93. The standard InChI is InChI=1S/C14H11BrN2O2/c1-18-11-4-9(8-16)5-12(7-11)19-14-6-10(15)2-3-13(14)17/h2-7H,17H2,1H3. The van der Waals surface area contributed by atoms with E-state index in [0.29, 0.717) is 28.5 Å². The van der Waals surface area contributed by atoms with Crippen LogP contribution in [0.5, 0.6) is 17.2 Å². The van der Waals surface area contributed by atoms with Crippen LogP contribution in [0.25, 0.3) is 0 Å². The average molecular weight is 319 g/mol. The molecule has 0 amide bonds. The first-order chi connectivity index (χ1) is 9.12. The van der Waals surface area contributed by atoms with E-state index >= 15 is 0 Å². The minimum atomic E-state index is 0.461. The Morgan fingerprint density at radius 2 is 1.89 bits per heavy atom. The van der Waals surface area contributed by atoms with Crippen molar-refractivity contribution >= 4 is 21.6 Å². The van der Waals surface area contributed by atoms with Crippen molar-refractivity contribution in [2.24, 2.45) is 0 Å². The quantitative estimate of drug-likeness (QED) is 0.876. The van der Waals surface area contributed by atoms with E-state index in [1.54, 1.807) is 30.3 Å². The fourth-order valence-corrected chi connectivity index (χ4v) is 1.88. The third-order valence-corrected chi connectivity index (χ3v) is 2.94. The molecule has 0 aliphatic heterocycles. The average Bonchev–Trinajstić information content (AvgIpc) is 2.42. The second-order valence-corrected chi connectivity index (χ2v) is 4.71. The van der Waals surface area contributed by atoms with Gasteiger partial charge in [-0.3, -0.25) is 0 Å². The summed E-state index contributed by atoms with van der Waals surface area (Å²) >= 11 is 3.35. The van der Waals surface area contributed by atoms with Gasteiger partial charge in [0.1, 0.15) is 11.5 Å². The summed E-state index contributed by atoms with van der Waals surface area (Å²) in [5, 5.41) is 8.95. The van der Waals surface area contributed by atoms with Crippen molar-refractivity contribution in [1.82, 2.24) is 0 Å². The highest BCUT2D eigenvalue weighted by Gasteiger charge is 2.06. The lowest BCUT2D eigenvalue weighted by Crippen LogP contribution is -1.93. The molecule has 5 heteroatoms. The highest BCUT2D eigenvalue weighted by atomic mass is 79.9. The van der Waals surface area contributed by atoms with Crippen LogP contribution in [0, 0.1) is 11.3 Å². The number of rotatable bonds is 3. The Bertz CT molecular complexity index is 650. The largest absolute Gasteiger partial charge is 0.497 e. The summed E-state index contributed by atoms with van der Waals surface area (Å²) in [5.74, 6) is 1.58. The van der Waals surface area contributed by atoms with Gasteiger partial charge in [-0.1, -0.05) is 15.9 Å². The summed E-state index contributed by atoms with van der Waals surface area (Å²) in [5.41, 5.74) is 6.82. The van der Waals surface area contributed by atoms with Gasteiger partial charge in [0.15, 0.2) is 5.75 Å². The minimum Gasteiger partial charge on any atom is -0.497 e. The molecule has 0 atom stereocenters. The maximum absolute atomic E-state index is 8.95. The summed E-state index contributed by atoms with van der Waals surface area (Å²) in [6.07, 6.45) is 0. The maximum atomic E-state index is 8.95. The van der Waals surface area contributed by atoms with Gasteiger partial charge < -0.3 is 15.2 Å². The van der Waals surface area contributed by atoms with Gasteiger partial charge >= 0.3 is 0 Å². The van der Waals surface area contributed by atoms with Gasteiger partial charge in [-0.2, -0.15) is 5.26 Å². The molecular formula is C14H11BrN2O2. The second kappa shape index (κ2) is 5.63. The number of hydrogen-bond donors (Lipinski definition) is 1. The maximum Gasteiger partial charge on any atom is 0.151 e. The molecule has 0 bridgehead atoms. The van der Waals surface area contributed by atoms with E-state index in [2.05, 4.69) is 22.0 Å². The fraction of sp³-hybridized carbons (Fsp3) is 0.0714. The first-order valence-electron chi connectivity index (χ1n) is 5.44. The van der Waals surface area contributed by atoms with Crippen LogP contribution in [0.15, 0.2) is 40.9 Å². The van der Waals surface area contributed by atoms with Crippen LogP contribution in [0.4, 0.5) is 5.69 Å². The summed E-state index contributed by atoms with van der Waals surface area (Å²) in [6, 6.07) is 12.3. The number of ether oxygens (including phenoxy) is 2. The molecule has 2 aromatic carbocycles. The molecule has 2 N–H and O–H groups in total. The van der Waals surface area contributed by atoms with Gasteiger partial charge in [0.25, 0.3) is 0 Å². The van der Waals surface area contributed by atoms with Crippen LogP contribution in [0.3, 0.4) is 0 Å². The summed E-state index contributed by atoms with van der Waals surface area (Å²) < 4.78 is 11.7. The zero-order valence-corrected chi connectivity index (χ0v) is 11.8. The molecule has 19 heavy (non-hydrogen) atoms. The summed E-state index contributed by atoms with van der Waals surface area (Å²) in [6.45, 7) is 0. The predicted molar refractivity (Wildman–Crippen MR) is 76.3 cm³/mol. The van der Waals surface area contributed by atoms with Crippen molar-refractivity contribution < 1.29 is 9.47 Å². The molecule has 0 fully saturated rings. The van der Waals surface area contributed by atoms with Crippen molar-refractivity contribution in [3.05, 3.63) is 46.4 Å². The lowest BCUT2D eigenvalue weighted by molar-refractivity contribution is 0.409. The van der Waals surface area contributed by atoms with E-state index in [1.807, 2.05) is 6.07 Å². The Morgan fingerprint density at radius 3 is 2.58 bits per heavy atom. The Hall–Kier alpha value is -2.19. The zero-order valence-electron chi connectivity index (χ0n) is 10.2. The third-order valence-electron chi connectivity index (χ3n) is 2.45.